The summed E-state index contributed by atoms with van der Waals surface area (Å²) in [6, 6.07) is 2.86. The lowest BCUT2D eigenvalue weighted by molar-refractivity contribution is 0.101. The second-order valence-electron chi connectivity index (χ2n) is 5.05. The first-order valence-corrected chi connectivity index (χ1v) is 7.44. The van der Waals surface area contributed by atoms with Gasteiger partial charge in [-0.25, -0.2) is 4.79 Å². The van der Waals surface area contributed by atoms with Crippen LogP contribution in [0.5, 0.6) is 0 Å². The van der Waals surface area contributed by atoms with Crippen molar-refractivity contribution in [1.29, 1.82) is 0 Å². The second-order valence-corrected chi connectivity index (χ2v) is 5.86. The van der Waals surface area contributed by atoms with E-state index >= 15 is 0 Å². The van der Waals surface area contributed by atoms with E-state index in [1.54, 1.807) is 4.90 Å². The molecule has 0 bridgehead atoms. The van der Waals surface area contributed by atoms with Crippen LogP contribution in [0.1, 0.15) is 24.2 Å². The molecule has 1 fully saturated rings. The lowest BCUT2D eigenvalue weighted by Gasteiger charge is -2.34. The zero-order valence-corrected chi connectivity index (χ0v) is 13.4. The summed E-state index contributed by atoms with van der Waals surface area (Å²) in [4.78, 5) is 25.4. The molecule has 1 aromatic rings. The van der Waals surface area contributed by atoms with Crippen molar-refractivity contribution in [2.75, 3.05) is 25.0 Å². The maximum atomic E-state index is 12.3. The van der Waals surface area contributed by atoms with Gasteiger partial charge in [-0.1, -0.05) is 23.2 Å². The van der Waals surface area contributed by atoms with Gasteiger partial charge in [0.2, 0.25) is 0 Å². The van der Waals surface area contributed by atoms with Crippen molar-refractivity contribution < 1.29 is 9.59 Å². The number of benzene rings is 1. The van der Waals surface area contributed by atoms with Crippen molar-refractivity contribution in [2.45, 2.75) is 19.9 Å². The summed E-state index contributed by atoms with van der Waals surface area (Å²) < 4.78 is 0. The van der Waals surface area contributed by atoms with Gasteiger partial charge in [-0.2, -0.15) is 0 Å². The SMILES string of the molecule is CC(=O)c1cc(Cl)c(NC(=O)N2CCNCC2C)c(Cl)c1. The summed E-state index contributed by atoms with van der Waals surface area (Å²) in [6.45, 7) is 5.52. The molecule has 0 aliphatic carbocycles. The maximum Gasteiger partial charge on any atom is 0.322 e. The molecule has 2 N–H and O–H groups in total. The minimum atomic E-state index is -0.247. The van der Waals surface area contributed by atoms with E-state index in [0.29, 0.717) is 17.8 Å². The highest BCUT2D eigenvalue weighted by molar-refractivity contribution is 6.40. The number of urea groups is 1. The minimum absolute atomic E-state index is 0.0905. The van der Waals surface area contributed by atoms with Crippen molar-refractivity contribution in [3.63, 3.8) is 0 Å². The minimum Gasteiger partial charge on any atom is -0.319 e. The zero-order valence-electron chi connectivity index (χ0n) is 11.9. The Kier molecular flexibility index (Phi) is 5.08. The third-order valence-electron chi connectivity index (χ3n) is 3.44. The Bertz CT molecular complexity index is 554. The molecule has 0 radical (unpaired) electrons. The van der Waals surface area contributed by atoms with Crippen LogP contribution in [0.4, 0.5) is 10.5 Å². The van der Waals surface area contributed by atoms with Gasteiger partial charge in [0.1, 0.15) is 0 Å². The van der Waals surface area contributed by atoms with Crippen molar-refractivity contribution in [1.82, 2.24) is 10.2 Å². The van der Waals surface area contributed by atoms with E-state index in [1.807, 2.05) is 6.92 Å². The Labute approximate surface area is 133 Å². The van der Waals surface area contributed by atoms with Crippen molar-refractivity contribution in [3.8, 4) is 0 Å². The predicted octanol–water partition coefficient (Wildman–Crippen LogP) is 3.02. The van der Waals surface area contributed by atoms with Crippen LogP contribution in [0.15, 0.2) is 12.1 Å². The van der Waals surface area contributed by atoms with E-state index in [4.69, 9.17) is 23.2 Å². The number of Topliss-reactive ketones (excluding diaryl/α,β-unsaturated/α-hetero) is 1. The molecule has 114 valence electrons. The van der Waals surface area contributed by atoms with Crippen LogP contribution in [0.25, 0.3) is 0 Å². The standard InChI is InChI=1S/C14H17Cl2N3O2/c1-8-7-17-3-4-19(8)14(21)18-13-11(15)5-10(9(2)20)6-12(13)16/h5-6,8,17H,3-4,7H2,1-2H3,(H,18,21). The van der Waals surface area contributed by atoms with Crippen molar-refractivity contribution >= 4 is 40.7 Å². The lowest BCUT2D eigenvalue weighted by atomic mass is 10.1. The Morgan fingerprint density at radius 2 is 1.95 bits per heavy atom. The number of halogens is 2. The van der Waals surface area contributed by atoms with E-state index in [9.17, 15) is 9.59 Å². The van der Waals surface area contributed by atoms with Crippen LogP contribution in [-0.4, -0.2) is 42.4 Å². The van der Waals surface area contributed by atoms with E-state index in [2.05, 4.69) is 10.6 Å². The molecule has 0 spiro atoms. The highest BCUT2D eigenvalue weighted by Crippen LogP contribution is 2.32. The van der Waals surface area contributed by atoms with Gasteiger partial charge in [-0.3, -0.25) is 4.79 Å². The monoisotopic (exact) mass is 329 g/mol. The molecule has 1 unspecified atom stereocenters. The maximum absolute atomic E-state index is 12.3. The molecule has 0 saturated carbocycles. The molecular weight excluding hydrogens is 313 g/mol. The van der Waals surface area contributed by atoms with Crippen LogP contribution in [0.2, 0.25) is 10.0 Å². The molecule has 7 heteroatoms. The first kappa shape index (κ1) is 16.1. The Morgan fingerprint density at radius 3 is 2.48 bits per heavy atom. The van der Waals surface area contributed by atoms with Gasteiger partial charge in [0, 0.05) is 31.2 Å². The Balaban J connectivity index is 2.19. The first-order valence-electron chi connectivity index (χ1n) is 6.68. The normalized spacial score (nSPS) is 18.5. The molecule has 1 atom stereocenters. The quantitative estimate of drug-likeness (QED) is 0.820. The third kappa shape index (κ3) is 3.67. The van der Waals surface area contributed by atoms with Crippen molar-refractivity contribution in [3.05, 3.63) is 27.7 Å². The smallest absolute Gasteiger partial charge is 0.319 e. The fourth-order valence-electron chi connectivity index (χ4n) is 2.22. The highest BCUT2D eigenvalue weighted by Gasteiger charge is 2.24. The highest BCUT2D eigenvalue weighted by atomic mass is 35.5. The number of ketones is 1. The topological polar surface area (TPSA) is 61.4 Å². The molecular formula is C14H17Cl2N3O2. The van der Waals surface area contributed by atoms with E-state index < -0.39 is 0 Å². The lowest BCUT2D eigenvalue weighted by Crippen LogP contribution is -2.53. The van der Waals surface area contributed by atoms with Gasteiger partial charge in [-0.15, -0.1) is 0 Å². The average molecular weight is 330 g/mol. The largest absolute Gasteiger partial charge is 0.322 e. The van der Waals surface area contributed by atoms with Crippen LogP contribution in [0, 0.1) is 0 Å². The molecule has 21 heavy (non-hydrogen) atoms. The average Bonchev–Trinajstić information content (AvgIpc) is 2.42. The number of piperazine rings is 1. The summed E-state index contributed by atoms with van der Waals surface area (Å²) in [5, 5.41) is 6.45. The van der Waals surface area contributed by atoms with Crippen molar-refractivity contribution in [2.24, 2.45) is 0 Å². The first-order chi connectivity index (χ1) is 9.90. The number of rotatable bonds is 2. The number of amides is 2. The molecule has 1 aromatic carbocycles. The second kappa shape index (κ2) is 6.64. The number of carbonyl (C=O) groups excluding carboxylic acids is 2. The number of anilines is 1. The number of nitrogens with zero attached hydrogens (tertiary/aromatic N) is 1. The zero-order chi connectivity index (χ0) is 15.6. The molecule has 2 amide bonds. The van der Waals surface area contributed by atoms with Gasteiger partial charge >= 0.3 is 6.03 Å². The van der Waals surface area contributed by atoms with Gasteiger partial charge in [0.15, 0.2) is 5.78 Å². The number of carbonyl (C=O) groups is 2. The fourth-order valence-corrected chi connectivity index (χ4v) is 2.80. The number of nitrogens with one attached hydrogen (secondary N) is 2. The van der Waals surface area contributed by atoms with E-state index in [1.165, 1.54) is 19.1 Å². The molecule has 5 nitrogen and oxygen atoms in total. The number of hydrogen-bond acceptors (Lipinski definition) is 3. The Hall–Kier alpha value is -1.30. The fraction of sp³-hybridized carbons (Fsp3) is 0.429. The predicted molar refractivity (Wildman–Crippen MR) is 84.5 cm³/mol. The summed E-state index contributed by atoms with van der Waals surface area (Å²) in [5.74, 6) is -0.132. The van der Waals surface area contributed by atoms with Crippen LogP contribution >= 0.6 is 23.2 Å². The van der Waals surface area contributed by atoms with Gasteiger partial charge in [0.05, 0.1) is 15.7 Å². The van der Waals surface area contributed by atoms with Gasteiger partial charge < -0.3 is 15.5 Å². The van der Waals surface area contributed by atoms with Gasteiger partial charge in [0.25, 0.3) is 0 Å². The molecule has 1 aliphatic rings. The number of hydrogen-bond donors (Lipinski definition) is 2. The summed E-state index contributed by atoms with van der Waals surface area (Å²) in [5.41, 5.74) is 0.748. The summed E-state index contributed by atoms with van der Waals surface area (Å²) >= 11 is 12.2. The molecule has 1 aliphatic heterocycles. The molecule has 1 saturated heterocycles. The van der Waals surface area contributed by atoms with Crippen LogP contribution < -0.4 is 10.6 Å². The van der Waals surface area contributed by atoms with E-state index in [0.717, 1.165) is 13.1 Å². The molecule has 2 rings (SSSR count). The summed E-state index contributed by atoms with van der Waals surface area (Å²) in [6.07, 6.45) is 0. The van der Waals surface area contributed by atoms with Gasteiger partial charge in [-0.05, 0) is 26.0 Å². The van der Waals surface area contributed by atoms with Crippen LogP contribution in [0.3, 0.4) is 0 Å². The van der Waals surface area contributed by atoms with Crippen LogP contribution in [-0.2, 0) is 0 Å². The molecule has 0 aromatic heterocycles. The molecule has 1 heterocycles. The third-order valence-corrected chi connectivity index (χ3v) is 4.04. The Morgan fingerprint density at radius 1 is 1.33 bits per heavy atom. The van der Waals surface area contributed by atoms with E-state index in [-0.39, 0.29) is 27.9 Å². The summed E-state index contributed by atoms with van der Waals surface area (Å²) in [7, 11) is 0.